The predicted octanol–water partition coefficient (Wildman–Crippen LogP) is 2.44. The van der Waals surface area contributed by atoms with Crippen molar-refractivity contribution in [1.29, 1.82) is 0 Å². The minimum atomic E-state index is -0.276. The summed E-state index contributed by atoms with van der Waals surface area (Å²) in [4.78, 5) is 14.0. The number of amides is 2. The highest BCUT2D eigenvalue weighted by Gasteiger charge is 2.17. The van der Waals surface area contributed by atoms with Crippen molar-refractivity contribution in [3.63, 3.8) is 0 Å². The van der Waals surface area contributed by atoms with Crippen LogP contribution in [0.25, 0.3) is 0 Å². The maximum Gasteiger partial charge on any atom is 0.322 e. The van der Waals surface area contributed by atoms with E-state index in [1.54, 1.807) is 23.1 Å². The van der Waals surface area contributed by atoms with Crippen LogP contribution in [0.3, 0.4) is 0 Å². The number of nitrogens with one attached hydrogen (secondary N) is 1. The molecule has 0 saturated carbocycles. The molecule has 1 aliphatic rings. The van der Waals surface area contributed by atoms with Gasteiger partial charge in [0.25, 0.3) is 0 Å². The number of carbonyl (C=O) groups excluding carboxylic acids is 1. The van der Waals surface area contributed by atoms with Gasteiger partial charge in [-0.2, -0.15) is 0 Å². The number of ether oxygens (including phenoxy) is 2. The Morgan fingerprint density at radius 2 is 1.91 bits per heavy atom. The Balaban J connectivity index is 1.68. The Bertz CT molecular complexity index is 676. The predicted molar refractivity (Wildman–Crippen MR) is 85.5 cm³/mol. The van der Waals surface area contributed by atoms with Crippen LogP contribution < -0.4 is 14.8 Å². The molecule has 0 unspecified atom stereocenters. The molecule has 0 bridgehead atoms. The van der Waals surface area contributed by atoms with Gasteiger partial charge in [0, 0.05) is 24.8 Å². The van der Waals surface area contributed by atoms with E-state index in [2.05, 4.69) is 5.32 Å². The molecule has 120 valence electrons. The summed E-state index contributed by atoms with van der Waals surface area (Å²) < 4.78 is 10.5. The van der Waals surface area contributed by atoms with Crippen molar-refractivity contribution in [2.45, 2.75) is 6.54 Å². The van der Waals surface area contributed by atoms with Crippen molar-refractivity contribution in [3.05, 3.63) is 54.1 Å². The van der Waals surface area contributed by atoms with Crippen molar-refractivity contribution >= 4 is 11.7 Å². The van der Waals surface area contributed by atoms with Crippen molar-refractivity contribution in [1.82, 2.24) is 4.90 Å². The van der Waals surface area contributed by atoms with E-state index >= 15 is 0 Å². The van der Waals surface area contributed by atoms with Gasteiger partial charge in [0.2, 0.25) is 6.79 Å². The molecule has 3 rings (SSSR count). The zero-order valence-corrected chi connectivity index (χ0v) is 12.6. The summed E-state index contributed by atoms with van der Waals surface area (Å²) in [7, 11) is 0. The standard InChI is InChI=1S/C17H18N2O4/c20-9-8-19(11-13-4-2-1-3-5-13)17(21)18-14-6-7-15-16(10-14)23-12-22-15/h1-7,10,20H,8-9,11-12H2,(H,18,21). The number of aliphatic hydroxyl groups is 1. The second kappa shape index (κ2) is 7.02. The van der Waals surface area contributed by atoms with Gasteiger partial charge in [0.05, 0.1) is 6.61 Å². The molecule has 0 spiro atoms. The van der Waals surface area contributed by atoms with Crippen LogP contribution in [0.4, 0.5) is 10.5 Å². The van der Waals surface area contributed by atoms with Crippen molar-refractivity contribution in [2.75, 3.05) is 25.3 Å². The number of carbonyl (C=O) groups is 1. The summed E-state index contributed by atoms with van der Waals surface area (Å²) in [5, 5.41) is 12.0. The summed E-state index contributed by atoms with van der Waals surface area (Å²) in [6, 6.07) is 14.6. The quantitative estimate of drug-likeness (QED) is 0.889. The second-order valence-electron chi connectivity index (χ2n) is 5.13. The summed E-state index contributed by atoms with van der Waals surface area (Å²) in [6.07, 6.45) is 0. The molecule has 23 heavy (non-hydrogen) atoms. The van der Waals surface area contributed by atoms with Crippen LogP contribution >= 0.6 is 0 Å². The number of rotatable bonds is 5. The van der Waals surface area contributed by atoms with Crippen molar-refractivity contribution in [2.24, 2.45) is 0 Å². The number of anilines is 1. The molecule has 0 fully saturated rings. The smallest absolute Gasteiger partial charge is 0.322 e. The third kappa shape index (κ3) is 3.73. The molecule has 2 aromatic carbocycles. The molecule has 0 radical (unpaired) electrons. The van der Waals surface area contributed by atoms with Gasteiger partial charge in [0.1, 0.15) is 0 Å². The second-order valence-corrected chi connectivity index (χ2v) is 5.13. The van der Waals surface area contributed by atoms with E-state index < -0.39 is 0 Å². The summed E-state index contributed by atoms with van der Waals surface area (Å²) >= 11 is 0. The first-order valence-electron chi connectivity index (χ1n) is 7.36. The number of benzene rings is 2. The Morgan fingerprint density at radius 1 is 1.13 bits per heavy atom. The molecule has 1 heterocycles. The van der Waals surface area contributed by atoms with E-state index in [-0.39, 0.29) is 26.0 Å². The highest BCUT2D eigenvalue weighted by Crippen LogP contribution is 2.34. The Morgan fingerprint density at radius 3 is 2.70 bits per heavy atom. The van der Waals surface area contributed by atoms with Gasteiger partial charge < -0.3 is 24.8 Å². The van der Waals surface area contributed by atoms with Crippen molar-refractivity contribution < 1.29 is 19.4 Å². The number of nitrogens with zero attached hydrogens (tertiary/aromatic N) is 1. The molecular weight excluding hydrogens is 296 g/mol. The first-order chi connectivity index (χ1) is 11.3. The van der Waals surface area contributed by atoms with E-state index in [0.29, 0.717) is 23.7 Å². The first-order valence-corrected chi connectivity index (χ1v) is 7.36. The minimum Gasteiger partial charge on any atom is -0.454 e. The SMILES string of the molecule is O=C(Nc1ccc2c(c1)OCO2)N(CCO)Cc1ccccc1. The number of aliphatic hydroxyl groups excluding tert-OH is 1. The largest absolute Gasteiger partial charge is 0.454 e. The molecule has 0 aromatic heterocycles. The van der Waals surface area contributed by atoms with Gasteiger partial charge in [0.15, 0.2) is 11.5 Å². The maximum absolute atomic E-state index is 12.4. The summed E-state index contributed by atoms with van der Waals surface area (Å²) in [5.74, 6) is 1.28. The average Bonchev–Trinajstić information content (AvgIpc) is 3.03. The topological polar surface area (TPSA) is 71.0 Å². The molecule has 2 aromatic rings. The zero-order chi connectivity index (χ0) is 16.1. The monoisotopic (exact) mass is 314 g/mol. The fourth-order valence-electron chi connectivity index (χ4n) is 2.35. The number of hydrogen-bond donors (Lipinski definition) is 2. The first kappa shape index (κ1) is 15.2. The van der Waals surface area contributed by atoms with Crippen molar-refractivity contribution in [3.8, 4) is 11.5 Å². The average molecular weight is 314 g/mol. The molecular formula is C17H18N2O4. The van der Waals surface area contributed by atoms with E-state index in [1.807, 2.05) is 30.3 Å². The lowest BCUT2D eigenvalue weighted by atomic mass is 10.2. The number of urea groups is 1. The summed E-state index contributed by atoms with van der Waals surface area (Å²) in [6.45, 7) is 0.780. The third-order valence-corrected chi connectivity index (χ3v) is 3.50. The Kier molecular flexibility index (Phi) is 4.63. The Labute approximate surface area is 134 Å². The zero-order valence-electron chi connectivity index (χ0n) is 12.6. The lowest BCUT2D eigenvalue weighted by molar-refractivity contribution is 0.174. The van der Waals surface area contributed by atoms with Crippen LogP contribution in [0.1, 0.15) is 5.56 Å². The van der Waals surface area contributed by atoms with E-state index in [4.69, 9.17) is 9.47 Å². The molecule has 0 aliphatic carbocycles. The van der Waals surface area contributed by atoms with E-state index in [1.165, 1.54) is 0 Å². The van der Waals surface area contributed by atoms with E-state index in [0.717, 1.165) is 5.56 Å². The molecule has 0 atom stereocenters. The van der Waals surface area contributed by atoms with Crippen LogP contribution in [0.2, 0.25) is 0 Å². The summed E-state index contributed by atoms with van der Waals surface area (Å²) in [5.41, 5.74) is 1.62. The fourth-order valence-corrected chi connectivity index (χ4v) is 2.35. The minimum absolute atomic E-state index is 0.0958. The molecule has 6 nitrogen and oxygen atoms in total. The van der Waals surface area contributed by atoms with Gasteiger partial charge in [-0.05, 0) is 17.7 Å². The fraction of sp³-hybridized carbons (Fsp3) is 0.235. The van der Waals surface area contributed by atoms with Gasteiger partial charge in [-0.3, -0.25) is 0 Å². The maximum atomic E-state index is 12.4. The number of fused-ring (bicyclic) bond motifs is 1. The van der Waals surface area contributed by atoms with Gasteiger partial charge >= 0.3 is 6.03 Å². The van der Waals surface area contributed by atoms with Crippen LogP contribution in [0.5, 0.6) is 11.5 Å². The molecule has 2 amide bonds. The molecule has 1 aliphatic heterocycles. The molecule has 0 saturated heterocycles. The lowest BCUT2D eigenvalue weighted by Crippen LogP contribution is -2.36. The van der Waals surface area contributed by atoms with Gasteiger partial charge in [-0.15, -0.1) is 0 Å². The van der Waals surface area contributed by atoms with Crippen LogP contribution in [0, 0.1) is 0 Å². The molecule has 6 heteroatoms. The molecule has 2 N–H and O–H groups in total. The normalized spacial score (nSPS) is 12.0. The van der Waals surface area contributed by atoms with Crippen LogP contribution in [0.15, 0.2) is 48.5 Å². The van der Waals surface area contributed by atoms with Crippen LogP contribution in [-0.2, 0) is 6.54 Å². The lowest BCUT2D eigenvalue weighted by Gasteiger charge is -2.22. The highest BCUT2D eigenvalue weighted by molar-refractivity contribution is 5.89. The van der Waals surface area contributed by atoms with E-state index in [9.17, 15) is 9.90 Å². The van der Waals surface area contributed by atoms with Gasteiger partial charge in [-0.25, -0.2) is 4.79 Å². The van der Waals surface area contributed by atoms with Gasteiger partial charge in [-0.1, -0.05) is 30.3 Å². The van der Waals surface area contributed by atoms with Crippen LogP contribution in [-0.4, -0.2) is 36.0 Å². The third-order valence-electron chi connectivity index (χ3n) is 3.50. The number of hydrogen-bond acceptors (Lipinski definition) is 4. The highest BCUT2D eigenvalue weighted by atomic mass is 16.7. The Hall–Kier alpha value is -2.73.